The van der Waals surface area contributed by atoms with Crippen LogP contribution in [0.1, 0.15) is 23.6 Å². The van der Waals surface area contributed by atoms with E-state index < -0.39 is 0 Å². The summed E-state index contributed by atoms with van der Waals surface area (Å²) in [5, 5.41) is 12.2. The first-order valence-electron chi connectivity index (χ1n) is 11.0. The van der Waals surface area contributed by atoms with Crippen LogP contribution in [0.15, 0.2) is 65.5 Å². The van der Waals surface area contributed by atoms with Gasteiger partial charge >= 0.3 is 6.03 Å². The van der Waals surface area contributed by atoms with Gasteiger partial charge in [0.1, 0.15) is 5.75 Å². The summed E-state index contributed by atoms with van der Waals surface area (Å²) in [6, 6.07) is 20.3. The minimum atomic E-state index is -0.157. The van der Waals surface area contributed by atoms with Crippen molar-refractivity contribution in [2.75, 3.05) is 25.5 Å². The molecular weight excluding hydrogens is 416 g/mol. The number of nitrogens with zero attached hydrogens (tertiary/aromatic N) is 3. The summed E-state index contributed by atoms with van der Waals surface area (Å²) in [5.41, 5.74) is 3.45. The molecule has 2 atom stereocenters. The fourth-order valence-electron chi connectivity index (χ4n) is 5.03. The first-order valence-corrected chi connectivity index (χ1v) is 11.0. The van der Waals surface area contributed by atoms with Gasteiger partial charge in [0.15, 0.2) is 0 Å². The van der Waals surface area contributed by atoms with Crippen LogP contribution < -0.4 is 15.6 Å². The predicted molar refractivity (Wildman–Crippen MR) is 125 cm³/mol. The highest BCUT2D eigenvalue weighted by Crippen LogP contribution is 2.36. The maximum absolute atomic E-state index is 13.3. The van der Waals surface area contributed by atoms with Crippen LogP contribution in [-0.4, -0.2) is 35.7 Å². The number of hydrogen-bond acceptors (Lipinski definition) is 4. The molecule has 166 valence electrons. The number of rotatable bonds is 3. The number of nitriles is 1. The third-order valence-electron chi connectivity index (χ3n) is 6.54. The van der Waals surface area contributed by atoms with E-state index in [2.05, 4.69) is 11.4 Å². The van der Waals surface area contributed by atoms with Gasteiger partial charge in [0.05, 0.1) is 24.4 Å². The Morgan fingerprint density at radius 1 is 1.09 bits per heavy atom. The largest absolute Gasteiger partial charge is 0.495 e. The van der Waals surface area contributed by atoms with Crippen molar-refractivity contribution < 1.29 is 9.53 Å². The van der Waals surface area contributed by atoms with Gasteiger partial charge in [-0.3, -0.25) is 4.79 Å². The van der Waals surface area contributed by atoms with Gasteiger partial charge in [0, 0.05) is 36.8 Å². The molecule has 7 nitrogen and oxygen atoms in total. The first kappa shape index (κ1) is 20.8. The van der Waals surface area contributed by atoms with Crippen LogP contribution in [-0.2, 0) is 6.54 Å². The Morgan fingerprint density at radius 3 is 2.76 bits per heavy atom. The molecule has 0 spiro atoms. The number of urea groups is 1. The normalized spacial score (nSPS) is 18.7. The van der Waals surface area contributed by atoms with Gasteiger partial charge in [0.2, 0.25) is 0 Å². The van der Waals surface area contributed by atoms with E-state index in [0.717, 1.165) is 17.7 Å². The molecule has 2 aliphatic heterocycles. The predicted octanol–water partition coefficient (Wildman–Crippen LogP) is 4.05. The molecule has 1 aromatic heterocycles. The molecule has 1 saturated heterocycles. The lowest BCUT2D eigenvalue weighted by atomic mass is 9.83. The smallest absolute Gasteiger partial charge is 0.321 e. The van der Waals surface area contributed by atoms with Gasteiger partial charge in [-0.1, -0.05) is 24.3 Å². The number of carbonyl (C=O) groups is 1. The van der Waals surface area contributed by atoms with Gasteiger partial charge in [-0.2, -0.15) is 5.26 Å². The van der Waals surface area contributed by atoms with Crippen molar-refractivity contribution in [2.45, 2.75) is 18.9 Å². The summed E-state index contributed by atoms with van der Waals surface area (Å²) in [5.74, 6) is 0.930. The number of amides is 2. The molecule has 0 radical (unpaired) electrons. The first-order chi connectivity index (χ1) is 16.1. The Bertz CT molecular complexity index is 1320. The number of nitrogens with one attached hydrogen (secondary N) is 1. The van der Waals surface area contributed by atoms with E-state index in [-0.39, 0.29) is 23.4 Å². The zero-order valence-electron chi connectivity index (χ0n) is 18.3. The number of aromatic nitrogens is 1. The topological polar surface area (TPSA) is 87.4 Å². The number of pyridine rings is 1. The second-order valence-corrected chi connectivity index (χ2v) is 8.61. The second-order valence-electron chi connectivity index (χ2n) is 8.61. The minimum Gasteiger partial charge on any atom is -0.495 e. The van der Waals surface area contributed by atoms with Crippen LogP contribution in [0.2, 0.25) is 0 Å². The van der Waals surface area contributed by atoms with Crippen LogP contribution in [0.25, 0.3) is 11.1 Å². The van der Waals surface area contributed by atoms with Gasteiger partial charge < -0.3 is 19.5 Å². The molecule has 5 rings (SSSR count). The van der Waals surface area contributed by atoms with Gasteiger partial charge in [-0.05, 0) is 54.3 Å². The molecule has 7 heteroatoms. The zero-order valence-corrected chi connectivity index (χ0v) is 18.3. The lowest BCUT2D eigenvalue weighted by Gasteiger charge is -2.42. The molecule has 3 aromatic rings. The molecule has 1 fully saturated rings. The molecule has 33 heavy (non-hydrogen) atoms. The lowest BCUT2D eigenvalue weighted by molar-refractivity contribution is 0.139. The lowest BCUT2D eigenvalue weighted by Crippen LogP contribution is -2.50. The average Bonchev–Trinajstić information content (AvgIpc) is 2.85. The monoisotopic (exact) mass is 440 g/mol. The van der Waals surface area contributed by atoms with Crippen molar-refractivity contribution in [1.29, 1.82) is 5.26 Å². The Kier molecular flexibility index (Phi) is 5.35. The van der Waals surface area contributed by atoms with Crippen molar-refractivity contribution in [1.82, 2.24) is 9.47 Å². The van der Waals surface area contributed by atoms with E-state index in [1.165, 1.54) is 0 Å². The average molecular weight is 441 g/mol. The Morgan fingerprint density at radius 2 is 1.94 bits per heavy atom. The second kappa shape index (κ2) is 8.47. The molecule has 0 aliphatic carbocycles. The summed E-state index contributed by atoms with van der Waals surface area (Å²) >= 11 is 0. The number of methoxy groups -OCH3 is 1. The van der Waals surface area contributed by atoms with E-state index in [9.17, 15) is 14.9 Å². The number of anilines is 1. The van der Waals surface area contributed by atoms with Crippen molar-refractivity contribution in [3.8, 4) is 22.9 Å². The van der Waals surface area contributed by atoms with Crippen molar-refractivity contribution in [2.24, 2.45) is 5.92 Å². The van der Waals surface area contributed by atoms with Crippen LogP contribution >= 0.6 is 0 Å². The molecule has 2 amide bonds. The summed E-state index contributed by atoms with van der Waals surface area (Å²) in [4.78, 5) is 28.2. The molecule has 2 aromatic carbocycles. The number of likely N-dealkylation sites (tertiary alicyclic amines) is 1. The van der Waals surface area contributed by atoms with E-state index in [1.54, 1.807) is 25.3 Å². The van der Waals surface area contributed by atoms with Crippen LogP contribution in [0.4, 0.5) is 10.5 Å². The molecule has 3 heterocycles. The third-order valence-corrected chi connectivity index (χ3v) is 6.54. The van der Waals surface area contributed by atoms with Gasteiger partial charge in [0.25, 0.3) is 5.56 Å². The summed E-state index contributed by atoms with van der Waals surface area (Å²) in [6.07, 6.45) is 0.959. The fourth-order valence-corrected chi connectivity index (χ4v) is 5.03. The highest BCUT2D eigenvalue weighted by molar-refractivity contribution is 5.91. The van der Waals surface area contributed by atoms with Crippen molar-refractivity contribution in [3.63, 3.8) is 0 Å². The molecule has 1 N–H and O–H groups in total. The van der Waals surface area contributed by atoms with Crippen LogP contribution in [0.3, 0.4) is 0 Å². The minimum absolute atomic E-state index is 0.0378. The number of fused-ring (bicyclic) bond motifs is 4. The highest BCUT2D eigenvalue weighted by Gasteiger charge is 2.37. The van der Waals surface area contributed by atoms with Crippen molar-refractivity contribution >= 4 is 11.7 Å². The molecule has 2 bridgehead atoms. The van der Waals surface area contributed by atoms with E-state index in [0.29, 0.717) is 42.2 Å². The van der Waals surface area contributed by atoms with E-state index in [4.69, 9.17) is 4.74 Å². The molecule has 0 saturated carbocycles. The van der Waals surface area contributed by atoms with Gasteiger partial charge in [-0.15, -0.1) is 0 Å². The van der Waals surface area contributed by atoms with Crippen molar-refractivity contribution in [3.05, 3.63) is 82.3 Å². The molecule has 0 unspecified atom stereocenters. The van der Waals surface area contributed by atoms with Crippen LogP contribution in [0, 0.1) is 17.2 Å². The Balaban J connectivity index is 1.40. The number of piperidine rings is 1. The number of para-hydroxylation sites is 2. The maximum Gasteiger partial charge on any atom is 0.321 e. The summed E-state index contributed by atoms with van der Waals surface area (Å²) < 4.78 is 7.20. The highest BCUT2D eigenvalue weighted by atomic mass is 16.5. The zero-order chi connectivity index (χ0) is 22.9. The maximum atomic E-state index is 13.3. The van der Waals surface area contributed by atoms with E-state index in [1.807, 2.05) is 51.9 Å². The molecular formula is C26H24N4O3. The number of benzene rings is 2. The van der Waals surface area contributed by atoms with Crippen LogP contribution in [0.5, 0.6) is 5.75 Å². The Labute approximate surface area is 191 Å². The fraction of sp³-hybridized carbons (Fsp3) is 0.269. The number of hydrogen-bond donors (Lipinski definition) is 1. The SMILES string of the molecule is COc1ccccc1NC(=O)N1C[C@H]2C[C@H](C1)c1ccc(-c3cccc(C#N)c3)c(=O)n1C2. The standard InChI is InChI=1S/C26H24N4O3/c1-33-24-8-3-2-7-22(24)28-26(32)29-14-18-12-20(16-29)23-10-9-21(25(31)30(23)15-18)19-6-4-5-17(11-19)13-27/h2-11,18,20H,12,14-16H2,1H3,(H,28,32)/t18-,20-/m1/s1. The number of ether oxygens (including phenoxy) is 1. The third kappa shape index (κ3) is 3.85. The quantitative estimate of drug-likeness (QED) is 0.666. The Hall–Kier alpha value is -4.05. The molecule has 2 aliphatic rings. The van der Waals surface area contributed by atoms with E-state index >= 15 is 0 Å². The summed E-state index contributed by atoms with van der Waals surface area (Å²) in [7, 11) is 1.58. The summed E-state index contributed by atoms with van der Waals surface area (Å²) in [6.45, 7) is 1.73. The van der Waals surface area contributed by atoms with Gasteiger partial charge in [-0.25, -0.2) is 4.79 Å². The number of carbonyl (C=O) groups excluding carboxylic acids is 1.